The zero-order chi connectivity index (χ0) is 25.7. The number of hydrogen-bond acceptors (Lipinski definition) is 5. The van der Waals surface area contributed by atoms with Crippen molar-refractivity contribution in [1.82, 2.24) is 4.90 Å². The van der Waals surface area contributed by atoms with Gasteiger partial charge >= 0.3 is 0 Å². The number of carbonyl (C=O) groups excluding carboxylic acids is 1. The molecule has 5 heteroatoms. The Kier molecular flexibility index (Phi) is 4.62. The molecular formula is C33H33NO4. The van der Waals surface area contributed by atoms with E-state index in [-0.39, 0.29) is 11.8 Å². The first-order valence-electron chi connectivity index (χ1n) is 14.0. The van der Waals surface area contributed by atoms with Gasteiger partial charge in [-0.1, -0.05) is 60.7 Å². The Bertz CT molecular complexity index is 1470. The average molecular weight is 508 g/mol. The molecule has 0 aromatic heterocycles. The molecule has 1 saturated heterocycles. The summed E-state index contributed by atoms with van der Waals surface area (Å²) in [5.41, 5.74) is 3.50. The number of aryl methyl sites for hydroxylation is 1. The maximum absolute atomic E-state index is 14.7. The summed E-state index contributed by atoms with van der Waals surface area (Å²) in [6, 6.07) is 22.7. The van der Waals surface area contributed by atoms with Gasteiger partial charge in [0.2, 0.25) is 0 Å². The number of rotatable bonds is 3. The lowest BCUT2D eigenvalue weighted by molar-refractivity contribution is -0.208. The molecule has 8 rings (SSSR count). The highest BCUT2D eigenvalue weighted by atomic mass is 16.5. The van der Waals surface area contributed by atoms with Crippen molar-refractivity contribution < 1.29 is 19.4 Å². The second-order valence-corrected chi connectivity index (χ2v) is 12.3. The standard InChI is InChI=1S/C33H33NO4/c1-34-16-15-32-27-23-11-12-25(37-19-21-7-3-2-4-8-21)28(27)38-30(32)29(35)31(20-33(32,36)26(34)17-23)14-13-22-9-5-6-10-24(22)18-31/h2-12,26,30,36H,13-20H2,1H3/t26-,30-,31-,32-,33+/m0/s1. The Morgan fingerprint density at radius 3 is 2.63 bits per heavy atom. The number of benzene rings is 3. The molecular weight excluding hydrogens is 474 g/mol. The fourth-order valence-electron chi connectivity index (χ4n) is 8.79. The quantitative estimate of drug-likeness (QED) is 0.570. The Balaban J connectivity index is 1.26. The summed E-state index contributed by atoms with van der Waals surface area (Å²) in [6.45, 7) is 1.27. The first-order valence-corrected chi connectivity index (χ1v) is 14.0. The van der Waals surface area contributed by atoms with E-state index in [0.717, 1.165) is 36.9 Å². The number of likely N-dealkylation sites (tertiary alicyclic amines) is 1. The molecule has 38 heavy (non-hydrogen) atoms. The molecule has 1 N–H and O–H groups in total. The van der Waals surface area contributed by atoms with Crippen molar-refractivity contribution in [1.29, 1.82) is 0 Å². The van der Waals surface area contributed by atoms with Crippen LogP contribution in [-0.4, -0.2) is 47.1 Å². The SMILES string of the molecule is CN1CC[C@]23c4c5ccc(OCc6ccccc6)c4O[C@H]2C(=O)[C@]2(CCc4ccccc4C2)C[C@@]3(O)[C@@H]1C5. The minimum absolute atomic E-state index is 0.0426. The summed E-state index contributed by atoms with van der Waals surface area (Å²) >= 11 is 0. The predicted octanol–water partition coefficient (Wildman–Crippen LogP) is 4.40. The van der Waals surface area contributed by atoms with Crippen LogP contribution >= 0.6 is 0 Å². The first kappa shape index (κ1) is 22.8. The maximum atomic E-state index is 14.7. The van der Waals surface area contributed by atoms with Crippen molar-refractivity contribution in [3.63, 3.8) is 0 Å². The summed E-state index contributed by atoms with van der Waals surface area (Å²) in [7, 11) is 2.13. The number of nitrogens with zero attached hydrogens (tertiary/aromatic N) is 1. The van der Waals surface area contributed by atoms with Crippen LogP contribution in [0.5, 0.6) is 11.5 Å². The van der Waals surface area contributed by atoms with E-state index < -0.39 is 22.5 Å². The summed E-state index contributed by atoms with van der Waals surface area (Å²) in [5, 5.41) is 12.9. The van der Waals surface area contributed by atoms with E-state index in [4.69, 9.17) is 9.47 Å². The molecule has 3 aromatic carbocycles. The van der Waals surface area contributed by atoms with Crippen LogP contribution < -0.4 is 9.47 Å². The molecule has 2 aliphatic heterocycles. The van der Waals surface area contributed by atoms with Crippen molar-refractivity contribution in [3.05, 3.63) is 94.5 Å². The van der Waals surface area contributed by atoms with Gasteiger partial charge in [-0.15, -0.1) is 0 Å². The molecule has 0 radical (unpaired) electrons. The van der Waals surface area contributed by atoms with Crippen LogP contribution in [-0.2, 0) is 36.1 Å². The molecule has 2 spiro atoms. The van der Waals surface area contributed by atoms with Crippen molar-refractivity contribution >= 4 is 5.78 Å². The Hall–Kier alpha value is -3.15. The van der Waals surface area contributed by atoms with Gasteiger partial charge in [-0.3, -0.25) is 4.79 Å². The van der Waals surface area contributed by atoms with E-state index in [9.17, 15) is 9.90 Å². The molecule has 1 saturated carbocycles. The first-order chi connectivity index (χ1) is 18.5. The molecule has 2 heterocycles. The molecule has 0 unspecified atom stereocenters. The van der Waals surface area contributed by atoms with E-state index in [2.05, 4.69) is 42.3 Å². The monoisotopic (exact) mass is 507 g/mol. The van der Waals surface area contributed by atoms with Crippen LogP contribution in [0.4, 0.5) is 0 Å². The molecule has 3 aliphatic carbocycles. The van der Waals surface area contributed by atoms with Crippen LogP contribution in [0.1, 0.15) is 47.1 Å². The van der Waals surface area contributed by atoms with Crippen LogP contribution in [0, 0.1) is 5.41 Å². The van der Waals surface area contributed by atoms with Gasteiger partial charge in [0.05, 0.1) is 11.0 Å². The van der Waals surface area contributed by atoms with Crippen molar-refractivity contribution in [2.24, 2.45) is 5.41 Å². The van der Waals surface area contributed by atoms with Gasteiger partial charge in [0.15, 0.2) is 23.4 Å². The minimum atomic E-state index is -1.04. The summed E-state index contributed by atoms with van der Waals surface area (Å²) in [5.74, 6) is 1.54. The molecule has 5 nitrogen and oxygen atoms in total. The number of carbonyl (C=O) groups is 1. The largest absolute Gasteiger partial charge is 0.485 e. The highest BCUT2D eigenvalue weighted by Crippen LogP contribution is 2.68. The number of ether oxygens (including phenoxy) is 2. The molecule has 2 bridgehead atoms. The van der Waals surface area contributed by atoms with E-state index in [1.54, 1.807) is 0 Å². The lowest BCUT2D eigenvalue weighted by Gasteiger charge is -2.65. The van der Waals surface area contributed by atoms with E-state index in [1.165, 1.54) is 16.7 Å². The second-order valence-electron chi connectivity index (χ2n) is 12.3. The predicted molar refractivity (Wildman–Crippen MR) is 144 cm³/mol. The third-order valence-corrected chi connectivity index (χ3v) is 10.6. The van der Waals surface area contributed by atoms with E-state index in [0.29, 0.717) is 37.4 Å². The summed E-state index contributed by atoms with van der Waals surface area (Å²) < 4.78 is 13.1. The number of aliphatic hydroxyl groups is 1. The zero-order valence-electron chi connectivity index (χ0n) is 21.8. The van der Waals surface area contributed by atoms with Crippen LogP contribution in [0.15, 0.2) is 66.7 Å². The van der Waals surface area contributed by atoms with E-state index in [1.807, 2.05) is 36.4 Å². The highest BCUT2D eigenvalue weighted by Gasteiger charge is 2.77. The van der Waals surface area contributed by atoms with Gasteiger partial charge in [-0.05, 0) is 80.4 Å². The topological polar surface area (TPSA) is 59.0 Å². The normalized spacial score (nSPS) is 34.4. The summed E-state index contributed by atoms with van der Waals surface area (Å²) in [4.78, 5) is 17.0. The molecule has 5 aliphatic rings. The third-order valence-electron chi connectivity index (χ3n) is 10.6. The Morgan fingerprint density at radius 2 is 1.79 bits per heavy atom. The van der Waals surface area contributed by atoms with Crippen LogP contribution in [0.3, 0.4) is 0 Å². The van der Waals surface area contributed by atoms with Gasteiger partial charge < -0.3 is 19.5 Å². The number of Topliss-reactive ketones (excluding diaryl/α,β-unsaturated/α-hetero) is 1. The Morgan fingerprint density at radius 1 is 1.00 bits per heavy atom. The van der Waals surface area contributed by atoms with Crippen molar-refractivity contribution in [3.8, 4) is 11.5 Å². The average Bonchev–Trinajstić information content (AvgIpc) is 3.29. The number of hydrogen-bond donors (Lipinski definition) is 1. The maximum Gasteiger partial charge on any atom is 0.180 e. The molecule has 0 amide bonds. The number of likely N-dealkylation sites (N-methyl/N-ethyl adjacent to an activating group) is 1. The van der Waals surface area contributed by atoms with Gasteiger partial charge in [0.25, 0.3) is 0 Å². The van der Waals surface area contributed by atoms with Crippen molar-refractivity contribution in [2.75, 3.05) is 13.6 Å². The zero-order valence-corrected chi connectivity index (χ0v) is 21.8. The van der Waals surface area contributed by atoms with E-state index >= 15 is 0 Å². The number of ketones is 1. The Labute approximate surface area is 223 Å². The minimum Gasteiger partial charge on any atom is -0.485 e. The fraction of sp³-hybridized carbons (Fsp3) is 0.424. The number of piperidine rings is 1. The van der Waals surface area contributed by atoms with Gasteiger partial charge in [0, 0.05) is 17.0 Å². The van der Waals surface area contributed by atoms with Gasteiger partial charge in [-0.25, -0.2) is 0 Å². The molecule has 194 valence electrons. The molecule has 3 aromatic rings. The van der Waals surface area contributed by atoms with Crippen LogP contribution in [0.25, 0.3) is 0 Å². The van der Waals surface area contributed by atoms with Gasteiger partial charge in [0.1, 0.15) is 6.61 Å². The fourth-order valence-corrected chi connectivity index (χ4v) is 8.79. The van der Waals surface area contributed by atoms with Crippen LogP contribution in [0.2, 0.25) is 0 Å². The number of fused-ring (bicyclic) bond motifs is 1. The smallest absolute Gasteiger partial charge is 0.180 e. The second kappa shape index (κ2) is 7.71. The van der Waals surface area contributed by atoms with Crippen molar-refractivity contribution in [2.45, 2.75) is 68.3 Å². The molecule has 5 atom stereocenters. The lowest BCUT2D eigenvalue weighted by atomic mass is 9.43. The van der Waals surface area contributed by atoms with Gasteiger partial charge in [-0.2, -0.15) is 0 Å². The summed E-state index contributed by atoms with van der Waals surface area (Å²) in [6.07, 6.45) is 3.58. The third kappa shape index (κ3) is 2.76. The molecule has 2 fully saturated rings. The highest BCUT2D eigenvalue weighted by molar-refractivity contribution is 5.95. The lowest BCUT2D eigenvalue weighted by Crippen LogP contribution is -2.79.